The van der Waals surface area contributed by atoms with Gasteiger partial charge in [-0.2, -0.15) is 0 Å². The molecule has 1 aliphatic heterocycles. The normalized spacial score (nSPS) is 15.6. The number of amides is 4. The summed E-state index contributed by atoms with van der Waals surface area (Å²) in [5, 5.41) is 5.01. The average molecular weight is 464 g/mol. The van der Waals surface area contributed by atoms with E-state index in [9.17, 15) is 23.2 Å². The fraction of sp³-hybridized carbons (Fsp3) is 0.160. The molecular formula is C25H22F2N4O3. The van der Waals surface area contributed by atoms with Crippen LogP contribution in [0.1, 0.15) is 23.2 Å². The first-order valence-corrected chi connectivity index (χ1v) is 10.7. The fourth-order valence-electron chi connectivity index (χ4n) is 3.94. The molecule has 7 nitrogen and oxygen atoms in total. The molecule has 0 aromatic heterocycles. The number of nitrogens with zero attached hydrogens (tertiary/aromatic N) is 1. The van der Waals surface area contributed by atoms with Gasteiger partial charge >= 0.3 is 6.03 Å². The van der Waals surface area contributed by atoms with Gasteiger partial charge in [0.1, 0.15) is 6.04 Å². The molecule has 0 saturated carbocycles. The van der Waals surface area contributed by atoms with Crippen LogP contribution in [0.5, 0.6) is 0 Å². The van der Waals surface area contributed by atoms with Crippen LogP contribution < -0.4 is 21.3 Å². The van der Waals surface area contributed by atoms with Crippen molar-refractivity contribution in [1.82, 2.24) is 5.32 Å². The van der Waals surface area contributed by atoms with Crippen molar-refractivity contribution in [2.75, 3.05) is 16.8 Å². The van der Waals surface area contributed by atoms with Crippen LogP contribution in [0.3, 0.4) is 0 Å². The van der Waals surface area contributed by atoms with E-state index in [1.807, 2.05) is 6.07 Å². The molecule has 1 aliphatic rings. The molecule has 4 N–H and O–H groups in total. The summed E-state index contributed by atoms with van der Waals surface area (Å²) in [6.45, 7) is 0.485. The van der Waals surface area contributed by atoms with E-state index in [4.69, 9.17) is 5.73 Å². The van der Waals surface area contributed by atoms with Crippen molar-refractivity contribution >= 4 is 29.2 Å². The summed E-state index contributed by atoms with van der Waals surface area (Å²) in [5.74, 6) is -2.91. The number of urea groups is 1. The lowest BCUT2D eigenvalue weighted by Gasteiger charge is -2.32. The molecule has 0 bridgehead atoms. The number of anilines is 2. The first kappa shape index (κ1) is 22.9. The fourth-order valence-corrected chi connectivity index (χ4v) is 3.94. The Labute approximate surface area is 194 Å². The Balaban J connectivity index is 1.45. The highest BCUT2D eigenvalue weighted by molar-refractivity contribution is 6.02. The average Bonchev–Trinajstić information content (AvgIpc) is 2.83. The van der Waals surface area contributed by atoms with Crippen LogP contribution in [0.25, 0.3) is 11.1 Å². The second-order valence-electron chi connectivity index (χ2n) is 7.87. The number of halogens is 2. The molecule has 174 valence electrons. The predicted octanol–water partition coefficient (Wildman–Crippen LogP) is 4.05. The number of carbonyl (C=O) groups excluding carboxylic acids is 3. The summed E-state index contributed by atoms with van der Waals surface area (Å²) in [6, 6.07) is 15.7. The second-order valence-corrected chi connectivity index (χ2v) is 7.87. The zero-order valence-electron chi connectivity index (χ0n) is 18.1. The van der Waals surface area contributed by atoms with Gasteiger partial charge in [-0.1, -0.05) is 30.3 Å². The molecule has 0 spiro atoms. The second kappa shape index (κ2) is 9.70. The van der Waals surface area contributed by atoms with Gasteiger partial charge in [-0.15, -0.1) is 0 Å². The molecule has 1 saturated heterocycles. The maximum Gasteiger partial charge on any atom is 0.319 e. The Morgan fingerprint density at radius 1 is 0.971 bits per heavy atom. The highest BCUT2D eigenvalue weighted by Crippen LogP contribution is 2.28. The van der Waals surface area contributed by atoms with Crippen molar-refractivity contribution < 1.29 is 23.2 Å². The smallest absolute Gasteiger partial charge is 0.319 e. The highest BCUT2D eigenvalue weighted by atomic mass is 19.2. The van der Waals surface area contributed by atoms with Gasteiger partial charge in [0, 0.05) is 29.5 Å². The number of piperidine rings is 1. The maximum atomic E-state index is 13.4. The Hall–Kier alpha value is -4.27. The van der Waals surface area contributed by atoms with Crippen LogP contribution in [0.2, 0.25) is 0 Å². The Morgan fingerprint density at radius 2 is 1.71 bits per heavy atom. The standard InChI is InChI=1S/C25H22F2N4O3/c26-20-12-9-16(14-21(20)27)29-25(34)30-22-6-3-13-31(24(22)33)17-10-7-15(8-11-17)18-4-1-2-5-19(18)23(28)32/h1-2,4-5,7-12,14,22H,3,6,13H2,(H2,28,32)(H2,29,30,34)/t22-/m1/s1. The quantitative estimate of drug-likeness (QED) is 0.531. The van der Waals surface area contributed by atoms with Crippen molar-refractivity contribution in [2.24, 2.45) is 5.73 Å². The Morgan fingerprint density at radius 3 is 2.41 bits per heavy atom. The minimum absolute atomic E-state index is 0.0725. The third-order valence-corrected chi connectivity index (χ3v) is 5.60. The van der Waals surface area contributed by atoms with Crippen molar-refractivity contribution in [1.29, 1.82) is 0 Å². The van der Waals surface area contributed by atoms with E-state index in [-0.39, 0.29) is 11.6 Å². The SMILES string of the molecule is NC(=O)c1ccccc1-c1ccc(N2CCC[C@@H](NC(=O)Nc3ccc(F)c(F)c3)C2=O)cc1. The van der Waals surface area contributed by atoms with Gasteiger partial charge in [0.05, 0.1) is 0 Å². The molecule has 3 aromatic rings. The van der Waals surface area contributed by atoms with E-state index in [0.717, 1.165) is 17.7 Å². The van der Waals surface area contributed by atoms with E-state index in [1.165, 1.54) is 6.07 Å². The molecule has 4 amide bonds. The molecule has 0 aliphatic carbocycles. The molecule has 4 rings (SSSR count). The van der Waals surface area contributed by atoms with Gasteiger partial charge < -0.3 is 21.3 Å². The highest BCUT2D eigenvalue weighted by Gasteiger charge is 2.31. The molecule has 34 heavy (non-hydrogen) atoms. The van der Waals surface area contributed by atoms with E-state index < -0.39 is 29.6 Å². The zero-order chi connectivity index (χ0) is 24.2. The van der Waals surface area contributed by atoms with Crippen LogP contribution >= 0.6 is 0 Å². The Kier molecular flexibility index (Phi) is 6.53. The molecule has 3 aromatic carbocycles. The number of hydrogen-bond donors (Lipinski definition) is 3. The first-order chi connectivity index (χ1) is 16.3. The van der Waals surface area contributed by atoms with E-state index >= 15 is 0 Å². The number of benzene rings is 3. The molecule has 0 unspecified atom stereocenters. The summed E-state index contributed by atoms with van der Waals surface area (Å²) in [6.07, 6.45) is 1.11. The lowest BCUT2D eigenvalue weighted by Crippen LogP contribution is -2.53. The van der Waals surface area contributed by atoms with E-state index in [0.29, 0.717) is 36.2 Å². The van der Waals surface area contributed by atoms with Crippen molar-refractivity contribution in [3.05, 3.63) is 83.9 Å². The summed E-state index contributed by atoms with van der Waals surface area (Å²) >= 11 is 0. The van der Waals surface area contributed by atoms with Gasteiger partial charge in [-0.05, 0) is 54.3 Å². The lowest BCUT2D eigenvalue weighted by atomic mass is 9.98. The summed E-state index contributed by atoms with van der Waals surface area (Å²) in [4.78, 5) is 38.6. The maximum absolute atomic E-state index is 13.4. The number of rotatable bonds is 5. The molecule has 0 radical (unpaired) electrons. The minimum atomic E-state index is -1.08. The van der Waals surface area contributed by atoms with Gasteiger partial charge in [0.25, 0.3) is 0 Å². The van der Waals surface area contributed by atoms with Gasteiger partial charge in [0.2, 0.25) is 11.8 Å². The molecular weight excluding hydrogens is 442 g/mol. The molecule has 9 heteroatoms. The van der Waals surface area contributed by atoms with Crippen LogP contribution in [0, 0.1) is 11.6 Å². The molecule has 1 heterocycles. The number of carbonyl (C=O) groups is 3. The molecule has 1 fully saturated rings. The number of hydrogen-bond acceptors (Lipinski definition) is 3. The first-order valence-electron chi connectivity index (χ1n) is 10.7. The van der Waals surface area contributed by atoms with Crippen LogP contribution in [0.15, 0.2) is 66.7 Å². The van der Waals surface area contributed by atoms with Crippen LogP contribution in [-0.4, -0.2) is 30.4 Å². The summed E-state index contributed by atoms with van der Waals surface area (Å²) < 4.78 is 26.4. The predicted molar refractivity (Wildman–Crippen MR) is 124 cm³/mol. The Bertz CT molecular complexity index is 1250. The topological polar surface area (TPSA) is 105 Å². The van der Waals surface area contributed by atoms with Crippen molar-refractivity contribution in [3.8, 4) is 11.1 Å². The van der Waals surface area contributed by atoms with Crippen molar-refractivity contribution in [3.63, 3.8) is 0 Å². The lowest BCUT2D eigenvalue weighted by molar-refractivity contribution is -0.121. The number of nitrogens with one attached hydrogen (secondary N) is 2. The largest absolute Gasteiger partial charge is 0.366 e. The van der Waals surface area contributed by atoms with Crippen LogP contribution in [0.4, 0.5) is 25.0 Å². The van der Waals surface area contributed by atoms with Crippen molar-refractivity contribution in [2.45, 2.75) is 18.9 Å². The third kappa shape index (κ3) is 4.88. The summed E-state index contributed by atoms with van der Waals surface area (Å²) in [5.41, 5.74) is 8.07. The van der Waals surface area contributed by atoms with Gasteiger partial charge in [0.15, 0.2) is 11.6 Å². The van der Waals surface area contributed by atoms with Gasteiger partial charge in [-0.25, -0.2) is 13.6 Å². The minimum Gasteiger partial charge on any atom is -0.366 e. The zero-order valence-corrected chi connectivity index (χ0v) is 18.1. The number of primary amides is 1. The monoisotopic (exact) mass is 464 g/mol. The van der Waals surface area contributed by atoms with Gasteiger partial charge in [-0.3, -0.25) is 9.59 Å². The number of nitrogens with two attached hydrogens (primary N) is 1. The van der Waals surface area contributed by atoms with Crippen LogP contribution in [-0.2, 0) is 4.79 Å². The van der Waals surface area contributed by atoms with E-state index in [2.05, 4.69) is 10.6 Å². The van der Waals surface area contributed by atoms with E-state index in [1.54, 1.807) is 47.4 Å². The summed E-state index contributed by atoms with van der Waals surface area (Å²) in [7, 11) is 0. The third-order valence-electron chi connectivity index (χ3n) is 5.60. The molecule has 1 atom stereocenters.